The van der Waals surface area contributed by atoms with Gasteiger partial charge in [0.1, 0.15) is 23.8 Å². The second-order valence-electron chi connectivity index (χ2n) is 6.72. The molecule has 7 heteroatoms. The van der Waals surface area contributed by atoms with E-state index >= 15 is 0 Å². The summed E-state index contributed by atoms with van der Waals surface area (Å²) < 4.78 is 46.2. The van der Waals surface area contributed by atoms with Crippen LogP contribution in [0.5, 0.6) is 5.75 Å². The Morgan fingerprint density at radius 2 is 1.86 bits per heavy atom. The molecular formula is C22H20FN2O3S+. The van der Waals surface area contributed by atoms with Crippen molar-refractivity contribution in [3.63, 3.8) is 0 Å². The van der Waals surface area contributed by atoms with Gasteiger partial charge in [-0.3, -0.25) is 0 Å². The fraction of sp³-hybridized carbons (Fsp3) is 0.136. The minimum atomic E-state index is -4.00. The number of benzene rings is 2. The molecule has 2 aromatic carbocycles. The molecule has 1 atom stereocenters. The standard InChI is InChI=1S/C22H20FN2O3S/c1-2-28-19-6-5-7-20(22(19)23)29(26,27)18-11-9-17(10-12-18)16-25-14-4-3-8-21(25)24-13-15-25/h3-15H,2,16H2,1H3/q+1. The maximum Gasteiger partial charge on any atom is 0.237 e. The number of allylic oxidation sites excluding steroid dienone is 2. The molecule has 0 aromatic heterocycles. The summed E-state index contributed by atoms with van der Waals surface area (Å²) in [6.07, 6.45) is 11.6. The lowest BCUT2D eigenvalue weighted by atomic mass is 10.1. The minimum absolute atomic E-state index is 0.0359. The van der Waals surface area contributed by atoms with Crippen LogP contribution >= 0.6 is 0 Å². The van der Waals surface area contributed by atoms with Gasteiger partial charge in [-0.05, 0) is 43.3 Å². The Morgan fingerprint density at radius 3 is 2.62 bits per heavy atom. The minimum Gasteiger partial charge on any atom is -0.491 e. The van der Waals surface area contributed by atoms with E-state index < -0.39 is 15.7 Å². The quantitative estimate of drug-likeness (QED) is 0.665. The lowest BCUT2D eigenvalue weighted by Crippen LogP contribution is -2.40. The van der Waals surface area contributed by atoms with Crippen molar-refractivity contribution in [1.82, 2.24) is 0 Å². The Morgan fingerprint density at radius 1 is 1.07 bits per heavy atom. The Bertz CT molecular complexity index is 1170. The molecule has 0 radical (unpaired) electrons. The summed E-state index contributed by atoms with van der Waals surface area (Å²) in [5.41, 5.74) is 0.937. The van der Waals surface area contributed by atoms with E-state index in [2.05, 4.69) is 4.99 Å². The van der Waals surface area contributed by atoms with Crippen LogP contribution < -0.4 is 4.74 Å². The zero-order valence-electron chi connectivity index (χ0n) is 15.8. The third-order valence-electron chi connectivity index (χ3n) is 4.87. The Hall–Kier alpha value is -3.03. The highest BCUT2D eigenvalue weighted by molar-refractivity contribution is 7.91. The van der Waals surface area contributed by atoms with E-state index in [4.69, 9.17) is 4.74 Å². The fourth-order valence-corrected chi connectivity index (χ4v) is 4.76. The highest BCUT2D eigenvalue weighted by Crippen LogP contribution is 2.30. The van der Waals surface area contributed by atoms with Gasteiger partial charge in [-0.25, -0.2) is 17.3 Å². The number of nitrogens with zero attached hydrogens (tertiary/aromatic N) is 2. The summed E-state index contributed by atoms with van der Waals surface area (Å²) in [6.45, 7) is 2.56. The topological polar surface area (TPSA) is 55.7 Å². The van der Waals surface area contributed by atoms with Crippen LogP contribution in [0, 0.1) is 5.82 Å². The number of ether oxygens (including phenoxy) is 1. The number of hydrogen-bond acceptors (Lipinski definition) is 4. The lowest BCUT2D eigenvalue weighted by molar-refractivity contribution is -0.743. The van der Waals surface area contributed by atoms with E-state index in [1.807, 2.05) is 30.6 Å². The van der Waals surface area contributed by atoms with Gasteiger partial charge in [0.15, 0.2) is 11.6 Å². The first-order valence-corrected chi connectivity index (χ1v) is 10.7. The van der Waals surface area contributed by atoms with Gasteiger partial charge in [0.25, 0.3) is 0 Å². The van der Waals surface area contributed by atoms with Crippen molar-refractivity contribution in [3.8, 4) is 5.75 Å². The molecule has 0 spiro atoms. The van der Waals surface area contributed by atoms with Crippen LogP contribution in [0.2, 0.25) is 0 Å². The Balaban J connectivity index is 1.62. The Kier molecular flexibility index (Phi) is 4.94. The van der Waals surface area contributed by atoms with Gasteiger partial charge >= 0.3 is 0 Å². The van der Waals surface area contributed by atoms with Gasteiger partial charge in [-0.2, -0.15) is 4.99 Å². The summed E-state index contributed by atoms with van der Waals surface area (Å²) in [6, 6.07) is 10.7. The number of fused-ring (bicyclic) bond motifs is 1. The van der Waals surface area contributed by atoms with Crippen LogP contribution in [0.15, 0.2) is 94.1 Å². The highest BCUT2D eigenvalue weighted by Gasteiger charge is 2.33. The average molecular weight is 411 g/mol. The maximum absolute atomic E-state index is 14.6. The van der Waals surface area contributed by atoms with Crippen molar-refractivity contribution < 1.29 is 22.0 Å². The van der Waals surface area contributed by atoms with Gasteiger partial charge in [-0.15, -0.1) is 0 Å². The maximum atomic E-state index is 14.6. The molecule has 2 aliphatic heterocycles. The van der Waals surface area contributed by atoms with E-state index in [9.17, 15) is 12.8 Å². The van der Waals surface area contributed by atoms with Crippen molar-refractivity contribution in [2.45, 2.75) is 23.3 Å². The zero-order chi connectivity index (χ0) is 20.5. The third kappa shape index (κ3) is 3.43. The average Bonchev–Trinajstić information content (AvgIpc) is 3.13. The molecule has 2 aliphatic rings. The zero-order valence-corrected chi connectivity index (χ0v) is 16.6. The molecule has 29 heavy (non-hydrogen) atoms. The molecule has 0 saturated carbocycles. The van der Waals surface area contributed by atoms with Crippen molar-refractivity contribution in [1.29, 1.82) is 0 Å². The molecule has 148 valence electrons. The van der Waals surface area contributed by atoms with Crippen molar-refractivity contribution in [2.75, 3.05) is 6.61 Å². The molecule has 0 saturated heterocycles. The SMILES string of the molecule is CCOc1cccc(S(=O)(=O)c2ccc(C[N+]34C=CC=CC3=NC=C4)cc2)c1F. The number of hydrogen-bond donors (Lipinski definition) is 0. The molecule has 0 bridgehead atoms. The van der Waals surface area contributed by atoms with E-state index in [1.54, 1.807) is 25.3 Å². The number of aliphatic imine (C=N–C) groups is 1. The molecule has 1 unspecified atom stereocenters. The summed E-state index contributed by atoms with van der Waals surface area (Å²) in [7, 11) is -4.00. The molecular weight excluding hydrogens is 391 g/mol. The van der Waals surface area contributed by atoms with E-state index in [0.29, 0.717) is 11.0 Å². The molecule has 0 aliphatic carbocycles. The smallest absolute Gasteiger partial charge is 0.237 e. The summed E-state index contributed by atoms with van der Waals surface area (Å²) >= 11 is 0. The first-order chi connectivity index (χ1) is 14.0. The molecule has 0 fully saturated rings. The van der Waals surface area contributed by atoms with Gasteiger partial charge in [-0.1, -0.05) is 18.2 Å². The largest absolute Gasteiger partial charge is 0.491 e. The number of quaternary nitrogens is 1. The summed E-state index contributed by atoms with van der Waals surface area (Å²) in [5.74, 6) is -0.0392. The van der Waals surface area contributed by atoms with Crippen LogP contribution in [0.1, 0.15) is 12.5 Å². The summed E-state index contributed by atoms with van der Waals surface area (Å²) in [4.78, 5) is 4.02. The second-order valence-corrected chi connectivity index (χ2v) is 8.64. The number of rotatable bonds is 6. The van der Waals surface area contributed by atoms with E-state index in [1.165, 1.54) is 30.3 Å². The number of sulfone groups is 1. The normalized spacial score (nSPS) is 19.9. The second kappa shape index (κ2) is 7.42. The Labute approximate surface area is 169 Å². The lowest BCUT2D eigenvalue weighted by Gasteiger charge is -2.28. The molecule has 2 aromatic rings. The van der Waals surface area contributed by atoms with Crippen LogP contribution in [0.25, 0.3) is 0 Å². The predicted molar refractivity (Wildman–Crippen MR) is 108 cm³/mol. The van der Waals surface area contributed by atoms with Gasteiger partial charge in [0.2, 0.25) is 15.7 Å². The third-order valence-corrected chi connectivity index (χ3v) is 6.66. The van der Waals surface area contributed by atoms with Crippen LogP contribution in [-0.4, -0.2) is 25.3 Å². The van der Waals surface area contributed by atoms with Crippen molar-refractivity contribution in [2.24, 2.45) is 4.99 Å². The van der Waals surface area contributed by atoms with Gasteiger partial charge < -0.3 is 4.74 Å². The van der Waals surface area contributed by atoms with Crippen LogP contribution in [-0.2, 0) is 16.4 Å². The fourth-order valence-electron chi connectivity index (χ4n) is 3.42. The van der Waals surface area contributed by atoms with Crippen molar-refractivity contribution in [3.05, 3.63) is 90.7 Å². The molecule has 2 heterocycles. The molecule has 5 nitrogen and oxygen atoms in total. The molecule has 0 amide bonds. The molecule has 4 rings (SSSR count). The molecule has 0 N–H and O–H groups in total. The van der Waals surface area contributed by atoms with Crippen LogP contribution in [0.3, 0.4) is 0 Å². The van der Waals surface area contributed by atoms with Gasteiger partial charge in [0.05, 0.1) is 17.7 Å². The number of halogens is 1. The highest BCUT2D eigenvalue weighted by atomic mass is 32.2. The van der Waals surface area contributed by atoms with Crippen molar-refractivity contribution >= 4 is 15.7 Å². The van der Waals surface area contributed by atoms with E-state index in [-0.39, 0.29) is 22.1 Å². The van der Waals surface area contributed by atoms with E-state index in [0.717, 1.165) is 11.4 Å². The monoisotopic (exact) mass is 411 g/mol. The van der Waals surface area contributed by atoms with Gasteiger partial charge in [0, 0.05) is 11.6 Å². The first-order valence-electron chi connectivity index (χ1n) is 9.21. The first kappa shape index (κ1) is 19.3. The number of amidine groups is 1. The predicted octanol–water partition coefficient (Wildman–Crippen LogP) is 4.34. The summed E-state index contributed by atoms with van der Waals surface area (Å²) in [5, 5.41) is 0. The van der Waals surface area contributed by atoms with Crippen LogP contribution in [0.4, 0.5) is 4.39 Å².